The van der Waals surface area contributed by atoms with Crippen LogP contribution < -0.4 is 4.74 Å². The van der Waals surface area contributed by atoms with E-state index in [2.05, 4.69) is 0 Å². The van der Waals surface area contributed by atoms with E-state index in [1.807, 2.05) is 0 Å². The molecule has 0 spiro atoms. The second-order valence-electron chi connectivity index (χ2n) is 9.06. The molecule has 12 nitrogen and oxygen atoms in total. The molecule has 2 aromatic carbocycles. The van der Waals surface area contributed by atoms with Gasteiger partial charge in [-0.05, 0) is 42.8 Å². The van der Waals surface area contributed by atoms with Gasteiger partial charge in [0.25, 0.3) is 0 Å². The quantitative estimate of drug-likeness (QED) is 0.172. The zero-order chi connectivity index (χ0) is 28.2. The molecular formula is C27H28O12. The molecule has 1 fully saturated rings. The molecule has 208 valence electrons. The molecule has 4 rings (SSSR count). The fraction of sp³-hybridized carbons (Fsp3) is 0.370. The molecule has 1 saturated heterocycles. The Bertz CT molecular complexity index is 1230. The summed E-state index contributed by atoms with van der Waals surface area (Å²) in [6, 6.07) is 11.6. The van der Waals surface area contributed by atoms with Crippen LogP contribution in [-0.4, -0.2) is 86.2 Å². The minimum Gasteiger partial charge on any atom is -0.508 e. The van der Waals surface area contributed by atoms with E-state index in [-0.39, 0.29) is 29.0 Å². The van der Waals surface area contributed by atoms with Crippen molar-refractivity contribution < 1.29 is 58.9 Å². The molecule has 0 bridgehead atoms. The highest BCUT2D eigenvalue weighted by atomic mass is 16.7. The SMILES string of the molecule is O=C(O[C@H]1[C@H](Oc2ccc(O)cc2COC(=O)C2(O)C=CCCC2=O)O[C@H](CO)[C@@H](O)[C@@H]1O)c1ccccc1. The number of aromatic hydroxyl groups is 1. The van der Waals surface area contributed by atoms with Gasteiger partial charge in [0.05, 0.1) is 12.2 Å². The van der Waals surface area contributed by atoms with Crippen molar-refractivity contribution in [2.75, 3.05) is 6.61 Å². The number of benzene rings is 2. The van der Waals surface area contributed by atoms with Crippen LogP contribution in [-0.2, 0) is 30.4 Å². The molecule has 1 heterocycles. The molecule has 1 aliphatic carbocycles. The normalized spacial score (nSPS) is 28.5. The van der Waals surface area contributed by atoms with Crippen molar-refractivity contribution in [2.24, 2.45) is 0 Å². The summed E-state index contributed by atoms with van der Waals surface area (Å²) in [4.78, 5) is 37.3. The summed E-state index contributed by atoms with van der Waals surface area (Å²) in [7, 11) is 0. The molecule has 0 aromatic heterocycles. The van der Waals surface area contributed by atoms with Crippen LogP contribution in [0, 0.1) is 0 Å². The van der Waals surface area contributed by atoms with Crippen LogP contribution in [0.2, 0.25) is 0 Å². The molecule has 2 aliphatic rings. The number of aliphatic hydroxyl groups is 4. The Balaban J connectivity index is 1.56. The number of rotatable bonds is 8. The first-order valence-corrected chi connectivity index (χ1v) is 12.1. The molecule has 1 unspecified atom stereocenters. The van der Waals surface area contributed by atoms with Crippen molar-refractivity contribution in [3.63, 3.8) is 0 Å². The molecule has 12 heteroatoms. The molecule has 0 radical (unpaired) electrons. The first-order chi connectivity index (χ1) is 18.6. The van der Waals surface area contributed by atoms with Gasteiger partial charge in [0.2, 0.25) is 11.9 Å². The highest BCUT2D eigenvalue weighted by molar-refractivity contribution is 6.09. The van der Waals surface area contributed by atoms with Gasteiger partial charge in [-0.15, -0.1) is 0 Å². The Hall–Kier alpha value is -3.81. The molecule has 2 aromatic rings. The van der Waals surface area contributed by atoms with E-state index in [1.165, 1.54) is 36.4 Å². The summed E-state index contributed by atoms with van der Waals surface area (Å²) in [5.41, 5.74) is -2.21. The number of hydrogen-bond donors (Lipinski definition) is 5. The molecule has 5 N–H and O–H groups in total. The Kier molecular flexibility index (Phi) is 8.63. The predicted octanol–water partition coefficient (Wildman–Crippen LogP) is 0.129. The van der Waals surface area contributed by atoms with Crippen LogP contribution in [0.3, 0.4) is 0 Å². The summed E-state index contributed by atoms with van der Waals surface area (Å²) in [6.45, 7) is -1.25. The molecular weight excluding hydrogens is 516 g/mol. The fourth-order valence-corrected chi connectivity index (χ4v) is 4.15. The van der Waals surface area contributed by atoms with Crippen LogP contribution in [0.25, 0.3) is 0 Å². The van der Waals surface area contributed by atoms with Gasteiger partial charge in [-0.2, -0.15) is 0 Å². The number of allylic oxidation sites excluding steroid dienone is 1. The lowest BCUT2D eigenvalue weighted by atomic mass is 9.90. The molecule has 6 atom stereocenters. The van der Waals surface area contributed by atoms with Crippen LogP contribution in [0.1, 0.15) is 28.8 Å². The van der Waals surface area contributed by atoms with E-state index >= 15 is 0 Å². The van der Waals surface area contributed by atoms with Gasteiger partial charge in [-0.3, -0.25) is 4.79 Å². The smallest absolute Gasteiger partial charge is 0.350 e. The third-order valence-electron chi connectivity index (χ3n) is 6.36. The van der Waals surface area contributed by atoms with Gasteiger partial charge in [0.1, 0.15) is 36.4 Å². The Labute approximate surface area is 222 Å². The first-order valence-electron chi connectivity index (χ1n) is 12.1. The molecule has 39 heavy (non-hydrogen) atoms. The lowest BCUT2D eigenvalue weighted by Gasteiger charge is -2.41. The first kappa shape index (κ1) is 28.2. The minimum absolute atomic E-state index is 0.0368. The van der Waals surface area contributed by atoms with Crippen LogP contribution in [0.15, 0.2) is 60.7 Å². The number of ketones is 1. The Morgan fingerprint density at radius 3 is 2.51 bits per heavy atom. The molecule has 0 amide bonds. The maximum atomic E-state index is 12.7. The standard InChI is InChI=1S/C27H28O12/c28-13-19-21(31)22(32)23(39-24(33)15-6-2-1-3-7-15)25(38-19)37-18-10-9-17(29)12-16(18)14-36-26(34)27(35)11-5-4-8-20(27)30/h1-3,5-7,9-12,19,21-23,25,28-29,31-32,35H,4,8,13-14H2/t19-,21-,22+,23-,25-,27?/m1/s1. The Morgan fingerprint density at radius 2 is 1.82 bits per heavy atom. The Morgan fingerprint density at radius 1 is 1.08 bits per heavy atom. The highest BCUT2D eigenvalue weighted by Gasteiger charge is 2.48. The summed E-state index contributed by atoms with van der Waals surface area (Å²) in [5.74, 6) is -3.07. The number of esters is 2. The van der Waals surface area contributed by atoms with Crippen LogP contribution in [0.5, 0.6) is 11.5 Å². The third-order valence-corrected chi connectivity index (χ3v) is 6.36. The van der Waals surface area contributed by atoms with Gasteiger partial charge in [0.15, 0.2) is 11.9 Å². The van der Waals surface area contributed by atoms with Crippen molar-refractivity contribution in [3.8, 4) is 11.5 Å². The minimum atomic E-state index is -2.44. The van der Waals surface area contributed by atoms with Gasteiger partial charge >= 0.3 is 11.9 Å². The van der Waals surface area contributed by atoms with Gasteiger partial charge < -0.3 is 44.5 Å². The van der Waals surface area contributed by atoms with Crippen molar-refractivity contribution in [2.45, 2.75) is 55.8 Å². The highest BCUT2D eigenvalue weighted by Crippen LogP contribution is 2.31. The number of Topliss-reactive ketones (excluding diaryl/α,β-unsaturated/α-hetero) is 1. The zero-order valence-corrected chi connectivity index (χ0v) is 20.6. The van der Waals surface area contributed by atoms with Crippen LogP contribution in [0.4, 0.5) is 0 Å². The number of carbonyl (C=O) groups is 3. The van der Waals surface area contributed by atoms with Crippen molar-refractivity contribution in [3.05, 3.63) is 71.8 Å². The second-order valence-corrected chi connectivity index (χ2v) is 9.06. The lowest BCUT2D eigenvalue weighted by Crippen LogP contribution is -2.61. The zero-order valence-electron chi connectivity index (χ0n) is 20.6. The average molecular weight is 545 g/mol. The van der Waals surface area contributed by atoms with Crippen molar-refractivity contribution in [1.82, 2.24) is 0 Å². The molecule has 1 aliphatic heterocycles. The topological polar surface area (TPSA) is 189 Å². The number of hydrogen-bond acceptors (Lipinski definition) is 12. The average Bonchev–Trinajstić information content (AvgIpc) is 2.94. The van der Waals surface area contributed by atoms with Crippen molar-refractivity contribution >= 4 is 17.7 Å². The van der Waals surface area contributed by atoms with Gasteiger partial charge in [0, 0.05) is 12.0 Å². The van der Waals surface area contributed by atoms with E-state index in [0.717, 1.165) is 6.08 Å². The summed E-state index contributed by atoms with van der Waals surface area (Å²) < 4.78 is 22.0. The summed E-state index contributed by atoms with van der Waals surface area (Å²) in [5, 5.41) is 51.1. The number of carbonyl (C=O) groups excluding carboxylic acids is 3. The maximum absolute atomic E-state index is 12.7. The van der Waals surface area contributed by atoms with Crippen molar-refractivity contribution in [1.29, 1.82) is 0 Å². The summed E-state index contributed by atoms with van der Waals surface area (Å²) >= 11 is 0. The summed E-state index contributed by atoms with van der Waals surface area (Å²) in [6.07, 6.45) is -4.87. The van der Waals surface area contributed by atoms with E-state index in [4.69, 9.17) is 18.9 Å². The predicted molar refractivity (Wildman–Crippen MR) is 130 cm³/mol. The van der Waals surface area contributed by atoms with Gasteiger partial charge in [-0.1, -0.05) is 24.3 Å². The monoisotopic (exact) mass is 544 g/mol. The maximum Gasteiger partial charge on any atom is 0.350 e. The number of phenols is 1. The van der Waals surface area contributed by atoms with E-state index < -0.39 is 67.2 Å². The van der Waals surface area contributed by atoms with Gasteiger partial charge in [-0.25, -0.2) is 9.59 Å². The van der Waals surface area contributed by atoms with E-state index in [0.29, 0.717) is 6.42 Å². The molecule has 0 saturated carbocycles. The number of ether oxygens (including phenoxy) is 4. The van der Waals surface area contributed by atoms with E-state index in [9.17, 15) is 39.9 Å². The van der Waals surface area contributed by atoms with Crippen LogP contribution >= 0.6 is 0 Å². The number of phenolic OH excluding ortho intramolecular Hbond substituents is 1. The third kappa shape index (κ3) is 6.10. The largest absolute Gasteiger partial charge is 0.508 e. The second kappa shape index (κ2) is 11.9. The fourth-order valence-electron chi connectivity index (χ4n) is 4.15. The van der Waals surface area contributed by atoms with E-state index in [1.54, 1.807) is 18.2 Å². The lowest BCUT2D eigenvalue weighted by molar-refractivity contribution is -0.276. The number of aliphatic hydroxyl groups excluding tert-OH is 3.